The first kappa shape index (κ1) is 18.7. The molecule has 1 fully saturated rings. The average molecular weight is 399 g/mol. The van der Waals surface area contributed by atoms with Gasteiger partial charge in [-0.1, -0.05) is 23.5 Å². The van der Waals surface area contributed by atoms with Crippen molar-refractivity contribution in [3.63, 3.8) is 0 Å². The maximum atomic E-state index is 13.1. The van der Waals surface area contributed by atoms with Crippen LogP contribution >= 0.6 is 11.3 Å². The van der Waals surface area contributed by atoms with Gasteiger partial charge < -0.3 is 14.5 Å². The number of benzene rings is 2. The first-order valence-corrected chi connectivity index (χ1v) is 10.2. The van der Waals surface area contributed by atoms with Crippen molar-refractivity contribution in [1.82, 2.24) is 10.2 Å². The SMILES string of the molecule is COc1ccc(N2CCCN(c3nnc(Cc4ccc(F)cc4)s3)CC2)cc1. The summed E-state index contributed by atoms with van der Waals surface area (Å²) in [6.07, 6.45) is 1.75. The molecule has 2 aromatic carbocycles. The van der Waals surface area contributed by atoms with Crippen LogP contribution in [0.5, 0.6) is 5.75 Å². The zero-order valence-electron chi connectivity index (χ0n) is 15.8. The predicted octanol–water partition coefficient (Wildman–Crippen LogP) is 3.99. The summed E-state index contributed by atoms with van der Waals surface area (Å²) in [7, 11) is 1.69. The van der Waals surface area contributed by atoms with Crippen LogP contribution in [0.1, 0.15) is 17.0 Å². The monoisotopic (exact) mass is 398 g/mol. The summed E-state index contributed by atoms with van der Waals surface area (Å²) in [6, 6.07) is 14.8. The number of rotatable bonds is 5. The number of hydrogen-bond donors (Lipinski definition) is 0. The molecule has 3 aromatic rings. The van der Waals surface area contributed by atoms with Crippen LogP contribution in [-0.4, -0.2) is 43.5 Å². The highest BCUT2D eigenvalue weighted by Gasteiger charge is 2.18. The number of methoxy groups -OCH3 is 1. The van der Waals surface area contributed by atoms with Crippen molar-refractivity contribution in [2.24, 2.45) is 0 Å². The summed E-state index contributed by atoms with van der Waals surface area (Å²) >= 11 is 1.62. The van der Waals surface area contributed by atoms with Crippen LogP contribution in [-0.2, 0) is 6.42 Å². The van der Waals surface area contributed by atoms with E-state index in [1.165, 1.54) is 17.8 Å². The smallest absolute Gasteiger partial charge is 0.208 e. The highest BCUT2D eigenvalue weighted by Crippen LogP contribution is 2.25. The van der Waals surface area contributed by atoms with Crippen LogP contribution in [0.15, 0.2) is 48.5 Å². The molecule has 0 bridgehead atoms. The fourth-order valence-corrected chi connectivity index (χ4v) is 4.31. The lowest BCUT2D eigenvalue weighted by atomic mass is 10.2. The summed E-state index contributed by atoms with van der Waals surface area (Å²) in [5.74, 6) is 0.662. The van der Waals surface area contributed by atoms with Gasteiger partial charge in [-0.05, 0) is 48.4 Å². The van der Waals surface area contributed by atoms with Gasteiger partial charge in [0.05, 0.1) is 7.11 Å². The fourth-order valence-electron chi connectivity index (χ4n) is 3.38. The molecular formula is C21H23FN4OS. The molecular weight excluding hydrogens is 375 g/mol. The summed E-state index contributed by atoms with van der Waals surface area (Å²) in [5.41, 5.74) is 2.27. The van der Waals surface area contributed by atoms with Crippen LogP contribution in [0, 0.1) is 5.82 Å². The zero-order valence-corrected chi connectivity index (χ0v) is 16.7. The van der Waals surface area contributed by atoms with Gasteiger partial charge in [-0.3, -0.25) is 0 Å². The van der Waals surface area contributed by atoms with E-state index in [-0.39, 0.29) is 5.82 Å². The average Bonchev–Trinajstić information content (AvgIpc) is 3.05. The lowest BCUT2D eigenvalue weighted by molar-refractivity contribution is 0.415. The topological polar surface area (TPSA) is 41.5 Å². The Labute approximate surface area is 168 Å². The van der Waals surface area contributed by atoms with E-state index in [4.69, 9.17) is 4.74 Å². The summed E-state index contributed by atoms with van der Waals surface area (Å²) in [4.78, 5) is 4.72. The molecule has 1 aromatic heterocycles. The predicted molar refractivity (Wildman–Crippen MR) is 111 cm³/mol. The van der Waals surface area contributed by atoms with Gasteiger partial charge in [0.15, 0.2) is 0 Å². The molecule has 4 rings (SSSR count). The van der Waals surface area contributed by atoms with Gasteiger partial charge in [0.1, 0.15) is 16.6 Å². The van der Waals surface area contributed by atoms with Crippen LogP contribution in [0.25, 0.3) is 0 Å². The number of ether oxygens (including phenoxy) is 1. The molecule has 0 saturated carbocycles. The van der Waals surface area contributed by atoms with E-state index in [1.807, 2.05) is 12.1 Å². The molecule has 2 heterocycles. The Morgan fingerprint density at radius 1 is 0.929 bits per heavy atom. The number of anilines is 2. The molecule has 0 spiro atoms. The molecule has 7 heteroatoms. The van der Waals surface area contributed by atoms with Gasteiger partial charge in [0.25, 0.3) is 0 Å². The van der Waals surface area contributed by atoms with E-state index in [0.717, 1.165) is 54.1 Å². The van der Waals surface area contributed by atoms with Crippen LogP contribution in [0.2, 0.25) is 0 Å². The number of halogens is 1. The highest BCUT2D eigenvalue weighted by atomic mass is 32.1. The van der Waals surface area contributed by atoms with Gasteiger partial charge in [0.2, 0.25) is 5.13 Å². The van der Waals surface area contributed by atoms with Gasteiger partial charge in [0, 0.05) is 38.3 Å². The Hall–Kier alpha value is -2.67. The molecule has 0 amide bonds. The zero-order chi connectivity index (χ0) is 19.3. The first-order chi connectivity index (χ1) is 13.7. The Bertz CT molecular complexity index is 898. The largest absolute Gasteiger partial charge is 0.497 e. The van der Waals surface area contributed by atoms with Gasteiger partial charge in [-0.15, -0.1) is 10.2 Å². The molecule has 0 N–H and O–H groups in total. The summed E-state index contributed by atoms with van der Waals surface area (Å²) in [5, 5.41) is 10.7. The van der Waals surface area contributed by atoms with E-state index in [2.05, 4.69) is 32.1 Å². The lowest BCUT2D eigenvalue weighted by Gasteiger charge is -2.23. The summed E-state index contributed by atoms with van der Waals surface area (Å²) < 4.78 is 18.3. The van der Waals surface area contributed by atoms with Gasteiger partial charge >= 0.3 is 0 Å². The molecule has 0 aliphatic carbocycles. The van der Waals surface area contributed by atoms with Crippen LogP contribution in [0.4, 0.5) is 15.2 Å². The maximum absolute atomic E-state index is 13.1. The standard InChI is InChI=1S/C21H23FN4OS/c1-27-19-9-7-18(8-10-19)25-11-2-12-26(14-13-25)21-24-23-20(28-21)15-16-3-5-17(22)6-4-16/h3-10H,2,11-15H2,1H3. The minimum Gasteiger partial charge on any atom is -0.497 e. The minimum absolute atomic E-state index is 0.215. The number of nitrogens with zero attached hydrogens (tertiary/aromatic N) is 4. The number of hydrogen-bond acceptors (Lipinski definition) is 6. The molecule has 0 radical (unpaired) electrons. The normalized spacial score (nSPS) is 14.8. The van der Waals surface area contributed by atoms with E-state index in [1.54, 1.807) is 30.6 Å². The Balaban J connectivity index is 1.38. The lowest BCUT2D eigenvalue weighted by Crippen LogP contribution is -2.30. The molecule has 1 aliphatic heterocycles. The Morgan fingerprint density at radius 3 is 2.39 bits per heavy atom. The van der Waals surface area contributed by atoms with Crippen molar-refractivity contribution in [2.45, 2.75) is 12.8 Å². The quantitative estimate of drug-likeness (QED) is 0.650. The van der Waals surface area contributed by atoms with Crippen molar-refractivity contribution < 1.29 is 9.13 Å². The highest BCUT2D eigenvalue weighted by molar-refractivity contribution is 7.15. The second-order valence-electron chi connectivity index (χ2n) is 6.81. The molecule has 0 unspecified atom stereocenters. The summed E-state index contributed by atoms with van der Waals surface area (Å²) in [6.45, 7) is 3.85. The molecule has 1 saturated heterocycles. The third kappa shape index (κ3) is 4.42. The van der Waals surface area contributed by atoms with Gasteiger partial charge in [-0.2, -0.15) is 0 Å². The van der Waals surface area contributed by atoms with E-state index in [0.29, 0.717) is 6.42 Å². The molecule has 5 nitrogen and oxygen atoms in total. The molecule has 0 atom stereocenters. The van der Waals surface area contributed by atoms with Crippen molar-refractivity contribution in [3.8, 4) is 5.75 Å². The number of aromatic nitrogens is 2. The van der Waals surface area contributed by atoms with E-state index >= 15 is 0 Å². The van der Waals surface area contributed by atoms with Crippen molar-refractivity contribution in [3.05, 3.63) is 64.9 Å². The third-order valence-corrected chi connectivity index (χ3v) is 5.91. The Kier molecular flexibility index (Phi) is 5.71. The molecule has 1 aliphatic rings. The van der Waals surface area contributed by atoms with Crippen molar-refractivity contribution >= 4 is 22.2 Å². The second-order valence-corrected chi connectivity index (χ2v) is 7.85. The van der Waals surface area contributed by atoms with Crippen molar-refractivity contribution in [2.75, 3.05) is 43.1 Å². The maximum Gasteiger partial charge on any atom is 0.208 e. The van der Waals surface area contributed by atoms with E-state index in [9.17, 15) is 4.39 Å². The third-order valence-electron chi connectivity index (χ3n) is 4.93. The second kappa shape index (κ2) is 8.56. The molecule has 146 valence electrons. The van der Waals surface area contributed by atoms with Crippen LogP contribution in [0.3, 0.4) is 0 Å². The van der Waals surface area contributed by atoms with Crippen molar-refractivity contribution in [1.29, 1.82) is 0 Å². The Morgan fingerprint density at radius 2 is 1.64 bits per heavy atom. The fraction of sp³-hybridized carbons (Fsp3) is 0.333. The van der Waals surface area contributed by atoms with E-state index < -0.39 is 0 Å². The first-order valence-electron chi connectivity index (χ1n) is 9.42. The van der Waals surface area contributed by atoms with Crippen LogP contribution < -0.4 is 14.5 Å². The van der Waals surface area contributed by atoms with Gasteiger partial charge in [-0.25, -0.2) is 4.39 Å². The molecule has 28 heavy (non-hydrogen) atoms. The minimum atomic E-state index is -0.215.